The average molecular weight is 247 g/mol. The Balaban J connectivity index is 1.71. The molecule has 0 radical (unpaired) electrons. The maximum Gasteiger partial charge on any atom is 0.0938 e. The number of aliphatic hydroxyl groups excluding tert-OH is 2. The van der Waals surface area contributed by atoms with Crippen molar-refractivity contribution in [2.75, 3.05) is 19.6 Å². The van der Waals surface area contributed by atoms with Crippen LogP contribution in [0.2, 0.25) is 0 Å². The third-order valence-electron chi connectivity index (χ3n) is 4.31. The van der Waals surface area contributed by atoms with Crippen molar-refractivity contribution in [1.29, 1.82) is 0 Å². The average Bonchev–Trinajstić information content (AvgIpc) is 2.69. The van der Waals surface area contributed by atoms with E-state index in [9.17, 15) is 10.2 Å². The smallest absolute Gasteiger partial charge is 0.0938 e. The normalized spacial score (nSPS) is 32.4. The maximum absolute atomic E-state index is 9.60. The first kappa shape index (κ1) is 12.2. The molecule has 3 rings (SSSR count). The fourth-order valence-electron chi connectivity index (χ4n) is 3.35. The van der Waals surface area contributed by atoms with Crippen molar-refractivity contribution in [2.45, 2.75) is 37.4 Å². The summed E-state index contributed by atoms with van der Waals surface area (Å²) < 4.78 is 0. The second-order valence-electron chi connectivity index (χ2n) is 5.64. The second kappa shape index (κ2) is 5.00. The van der Waals surface area contributed by atoms with E-state index < -0.39 is 12.2 Å². The predicted molar refractivity (Wildman–Crippen MR) is 70.6 cm³/mol. The molecule has 1 unspecified atom stereocenters. The molecule has 3 nitrogen and oxygen atoms in total. The summed E-state index contributed by atoms with van der Waals surface area (Å²) in [6.45, 7) is 2.19. The Labute approximate surface area is 108 Å². The molecule has 2 N–H and O–H groups in total. The highest BCUT2D eigenvalue weighted by molar-refractivity contribution is 5.32. The van der Waals surface area contributed by atoms with Gasteiger partial charge in [-0.05, 0) is 36.3 Å². The van der Waals surface area contributed by atoms with Crippen LogP contribution in [0.5, 0.6) is 0 Å². The standard InChI is InChI=1S/C15H21NO2/c17-14-9-16(10-15(14)18)8-12-6-3-5-11-4-1-2-7-13(11)12/h1-2,4,7,12,14-15,17-18H,3,5-6,8-10H2/t12?,14-,15+. The number of aryl methyl sites for hydroxylation is 1. The minimum Gasteiger partial charge on any atom is -0.389 e. The molecule has 1 aromatic carbocycles. The number of likely N-dealkylation sites (tertiary alicyclic amines) is 1. The number of nitrogens with zero attached hydrogens (tertiary/aromatic N) is 1. The Kier molecular flexibility index (Phi) is 3.37. The first-order valence-electron chi connectivity index (χ1n) is 6.90. The Morgan fingerprint density at radius 2 is 1.83 bits per heavy atom. The Hall–Kier alpha value is -0.900. The first-order valence-corrected chi connectivity index (χ1v) is 6.90. The molecule has 1 aliphatic carbocycles. The maximum atomic E-state index is 9.60. The largest absolute Gasteiger partial charge is 0.389 e. The lowest BCUT2D eigenvalue weighted by atomic mass is 9.82. The van der Waals surface area contributed by atoms with Crippen molar-refractivity contribution in [3.8, 4) is 0 Å². The van der Waals surface area contributed by atoms with Crippen molar-refractivity contribution < 1.29 is 10.2 Å². The summed E-state index contributed by atoms with van der Waals surface area (Å²) in [6.07, 6.45) is 2.53. The van der Waals surface area contributed by atoms with Gasteiger partial charge in [-0.25, -0.2) is 0 Å². The molecule has 3 atom stereocenters. The molecule has 98 valence electrons. The lowest BCUT2D eigenvalue weighted by Crippen LogP contribution is -2.29. The van der Waals surface area contributed by atoms with Gasteiger partial charge in [0, 0.05) is 19.6 Å². The molecule has 1 fully saturated rings. The van der Waals surface area contributed by atoms with E-state index in [0.29, 0.717) is 19.0 Å². The lowest BCUT2D eigenvalue weighted by Gasteiger charge is -2.29. The number of fused-ring (bicyclic) bond motifs is 1. The van der Waals surface area contributed by atoms with Gasteiger partial charge in [-0.1, -0.05) is 24.3 Å². The van der Waals surface area contributed by atoms with Crippen LogP contribution in [0.1, 0.15) is 29.9 Å². The molecule has 0 bridgehead atoms. The number of rotatable bonds is 2. The fourth-order valence-corrected chi connectivity index (χ4v) is 3.35. The van der Waals surface area contributed by atoms with Gasteiger partial charge in [0.1, 0.15) is 0 Å². The molecule has 3 heteroatoms. The van der Waals surface area contributed by atoms with Gasteiger partial charge in [-0.3, -0.25) is 4.90 Å². The molecule has 1 aromatic rings. The van der Waals surface area contributed by atoms with Crippen LogP contribution in [0.15, 0.2) is 24.3 Å². The molecule has 0 spiro atoms. The summed E-state index contributed by atoms with van der Waals surface area (Å²) in [4.78, 5) is 2.20. The number of hydrogen-bond acceptors (Lipinski definition) is 3. The van der Waals surface area contributed by atoms with E-state index in [1.165, 1.54) is 30.4 Å². The van der Waals surface area contributed by atoms with Crippen LogP contribution >= 0.6 is 0 Å². The summed E-state index contributed by atoms with van der Waals surface area (Å²) in [5, 5.41) is 19.2. The van der Waals surface area contributed by atoms with E-state index in [4.69, 9.17) is 0 Å². The molecule has 2 aliphatic rings. The molecule has 1 aliphatic heterocycles. The molecular weight excluding hydrogens is 226 g/mol. The molecule has 0 amide bonds. The zero-order chi connectivity index (χ0) is 12.5. The molecule has 0 saturated carbocycles. The summed E-state index contributed by atoms with van der Waals surface area (Å²) in [5.41, 5.74) is 2.95. The van der Waals surface area contributed by atoms with Crippen LogP contribution < -0.4 is 0 Å². The number of β-amino-alcohol motifs (C(OH)–C–C–N with tert-alkyl or cyclic N) is 2. The fraction of sp³-hybridized carbons (Fsp3) is 0.600. The predicted octanol–water partition coefficient (Wildman–Crippen LogP) is 1.14. The summed E-state index contributed by atoms with van der Waals surface area (Å²) in [7, 11) is 0. The molecule has 0 aromatic heterocycles. The Morgan fingerprint density at radius 1 is 1.11 bits per heavy atom. The number of hydrogen-bond donors (Lipinski definition) is 2. The van der Waals surface area contributed by atoms with Crippen LogP contribution in [0.25, 0.3) is 0 Å². The van der Waals surface area contributed by atoms with Gasteiger partial charge in [0.15, 0.2) is 0 Å². The van der Waals surface area contributed by atoms with Crippen LogP contribution in [0.4, 0.5) is 0 Å². The topological polar surface area (TPSA) is 43.7 Å². The van der Waals surface area contributed by atoms with E-state index in [2.05, 4.69) is 29.2 Å². The SMILES string of the molecule is O[C@@H]1CN(CC2CCCc3ccccc32)C[C@@H]1O. The monoisotopic (exact) mass is 247 g/mol. The third-order valence-corrected chi connectivity index (χ3v) is 4.31. The van der Waals surface area contributed by atoms with Crippen molar-refractivity contribution in [3.63, 3.8) is 0 Å². The third kappa shape index (κ3) is 2.30. The van der Waals surface area contributed by atoms with Crippen molar-refractivity contribution >= 4 is 0 Å². The Bertz CT molecular complexity index is 411. The van der Waals surface area contributed by atoms with Gasteiger partial charge < -0.3 is 10.2 Å². The first-order chi connectivity index (χ1) is 8.74. The summed E-state index contributed by atoms with van der Waals surface area (Å²) >= 11 is 0. The van der Waals surface area contributed by atoms with Gasteiger partial charge in [0.25, 0.3) is 0 Å². The highest BCUT2D eigenvalue weighted by atomic mass is 16.3. The summed E-state index contributed by atoms with van der Waals surface area (Å²) in [5.74, 6) is 0.562. The van der Waals surface area contributed by atoms with E-state index in [0.717, 1.165) is 6.54 Å². The van der Waals surface area contributed by atoms with Crippen molar-refractivity contribution in [1.82, 2.24) is 4.90 Å². The van der Waals surface area contributed by atoms with E-state index >= 15 is 0 Å². The van der Waals surface area contributed by atoms with Crippen LogP contribution in [-0.2, 0) is 6.42 Å². The highest BCUT2D eigenvalue weighted by Crippen LogP contribution is 2.32. The van der Waals surface area contributed by atoms with Gasteiger partial charge in [-0.15, -0.1) is 0 Å². The highest BCUT2D eigenvalue weighted by Gasteiger charge is 2.31. The zero-order valence-electron chi connectivity index (χ0n) is 10.6. The van der Waals surface area contributed by atoms with Crippen LogP contribution in [0.3, 0.4) is 0 Å². The van der Waals surface area contributed by atoms with Crippen LogP contribution in [-0.4, -0.2) is 47.0 Å². The minimum absolute atomic E-state index is 0.562. The molecule has 1 saturated heterocycles. The quantitative estimate of drug-likeness (QED) is 0.824. The van der Waals surface area contributed by atoms with Crippen molar-refractivity contribution in [2.24, 2.45) is 0 Å². The number of benzene rings is 1. The molecule has 1 heterocycles. The van der Waals surface area contributed by atoms with Gasteiger partial charge in [-0.2, -0.15) is 0 Å². The summed E-state index contributed by atoms with van der Waals surface area (Å²) in [6, 6.07) is 8.70. The molecular formula is C15H21NO2. The molecule has 18 heavy (non-hydrogen) atoms. The minimum atomic E-state index is -0.566. The number of aliphatic hydroxyl groups is 2. The van der Waals surface area contributed by atoms with Gasteiger partial charge >= 0.3 is 0 Å². The second-order valence-corrected chi connectivity index (χ2v) is 5.64. The van der Waals surface area contributed by atoms with Gasteiger partial charge in [0.05, 0.1) is 12.2 Å². The van der Waals surface area contributed by atoms with E-state index in [1.807, 2.05) is 0 Å². The van der Waals surface area contributed by atoms with Crippen molar-refractivity contribution in [3.05, 3.63) is 35.4 Å². The van der Waals surface area contributed by atoms with E-state index in [1.54, 1.807) is 0 Å². The lowest BCUT2D eigenvalue weighted by molar-refractivity contribution is 0.0572. The van der Waals surface area contributed by atoms with Crippen LogP contribution in [0, 0.1) is 0 Å². The Morgan fingerprint density at radius 3 is 2.61 bits per heavy atom. The van der Waals surface area contributed by atoms with Gasteiger partial charge in [0.2, 0.25) is 0 Å². The zero-order valence-corrected chi connectivity index (χ0v) is 10.6. The van der Waals surface area contributed by atoms with E-state index in [-0.39, 0.29) is 0 Å².